The highest BCUT2D eigenvalue weighted by molar-refractivity contribution is 7.14. The maximum Gasteiger partial charge on any atom is 0.293 e. The Balaban J connectivity index is 2.10. The fraction of sp³-hybridized carbons (Fsp3) is 0.167. The third-order valence-corrected chi connectivity index (χ3v) is 3.18. The zero-order valence-electron chi connectivity index (χ0n) is 10.9. The van der Waals surface area contributed by atoms with Crippen LogP contribution < -0.4 is 21.2 Å². The summed E-state index contributed by atoms with van der Waals surface area (Å²) in [5, 5.41) is 4.33. The van der Waals surface area contributed by atoms with Crippen LogP contribution in [-0.4, -0.2) is 23.9 Å². The number of primary amides is 1. The third-order valence-electron chi connectivity index (χ3n) is 2.37. The maximum atomic E-state index is 11.9. The molecule has 2 rings (SSSR count). The third kappa shape index (κ3) is 3.66. The molecule has 0 aromatic carbocycles. The van der Waals surface area contributed by atoms with Crippen LogP contribution in [0.5, 0.6) is 5.75 Å². The summed E-state index contributed by atoms with van der Waals surface area (Å²) in [6.45, 7) is 0. The van der Waals surface area contributed by atoms with Crippen molar-refractivity contribution in [2.24, 2.45) is 5.73 Å². The molecule has 0 unspecified atom stereocenters. The lowest BCUT2D eigenvalue weighted by molar-refractivity contribution is -0.117. The van der Waals surface area contributed by atoms with Crippen LogP contribution in [0.25, 0.3) is 0 Å². The van der Waals surface area contributed by atoms with E-state index >= 15 is 0 Å². The molecule has 2 amide bonds. The largest absolute Gasteiger partial charge is 0.490 e. The van der Waals surface area contributed by atoms with Gasteiger partial charge in [-0.3, -0.25) is 19.7 Å². The van der Waals surface area contributed by atoms with Gasteiger partial charge in [-0.25, -0.2) is 4.98 Å². The quantitative estimate of drug-likeness (QED) is 0.823. The average Bonchev–Trinajstić information content (AvgIpc) is 2.84. The summed E-state index contributed by atoms with van der Waals surface area (Å²) in [4.78, 5) is 38.2. The number of amides is 2. The van der Waals surface area contributed by atoms with E-state index in [2.05, 4.69) is 10.3 Å². The molecule has 0 saturated carbocycles. The molecule has 0 bridgehead atoms. The highest BCUT2D eigenvalue weighted by Crippen LogP contribution is 2.17. The summed E-state index contributed by atoms with van der Waals surface area (Å²) in [5.41, 5.74) is 5.03. The number of anilines is 1. The summed E-state index contributed by atoms with van der Waals surface area (Å²) in [6.07, 6.45) is 1.04. The van der Waals surface area contributed by atoms with E-state index in [1.807, 2.05) is 0 Å². The first-order valence-corrected chi connectivity index (χ1v) is 6.58. The van der Waals surface area contributed by atoms with Crippen molar-refractivity contribution in [3.63, 3.8) is 0 Å². The molecular formula is C12H11N3O5S. The molecule has 2 aromatic rings. The minimum Gasteiger partial charge on any atom is -0.490 e. The SMILES string of the molecule is COc1coc(C(=O)Nc2nc(CC(N)=O)cs2)cc1=O. The number of carbonyl (C=O) groups is 2. The number of ether oxygens (including phenoxy) is 1. The smallest absolute Gasteiger partial charge is 0.293 e. The predicted octanol–water partition coefficient (Wildman–Crippen LogP) is 0.385. The number of rotatable bonds is 5. The minimum absolute atomic E-state index is 0.00421. The number of nitrogens with one attached hydrogen (secondary N) is 1. The van der Waals surface area contributed by atoms with E-state index in [1.54, 1.807) is 5.38 Å². The molecule has 21 heavy (non-hydrogen) atoms. The molecule has 8 nitrogen and oxygen atoms in total. The molecule has 0 saturated heterocycles. The number of thiazole rings is 1. The van der Waals surface area contributed by atoms with E-state index < -0.39 is 17.2 Å². The Labute approximate surface area is 122 Å². The van der Waals surface area contributed by atoms with Crippen molar-refractivity contribution < 1.29 is 18.7 Å². The van der Waals surface area contributed by atoms with Gasteiger partial charge in [0.25, 0.3) is 5.91 Å². The van der Waals surface area contributed by atoms with Gasteiger partial charge >= 0.3 is 0 Å². The summed E-state index contributed by atoms with van der Waals surface area (Å²) in [6, 6.07) is 1.02. The van der Waals surface area contributed by atoms with Gasteiger partial charge in [0.15, 0.2) is 10.9 Å². The van der Waals surface area contributed by atoms with Gasteiger partial charge in [0.05, 0.1) is 19.2 Å². The molecule has 0 aliphatic rings. The molecule has 3 N–H and O–H groups in total. The number of hydrogen-bond acceptors (Lipinski definition) is 7. The second-order valence-corrected chi connectivity index (χ2v) is 4.78. The first-order chi connectivity index (χ1) is 9.99. The molecule has 0 aliphatic carbocycles. The summed E-state index contributed by atoms with van der Waals surface area (Å²) < 4.78 is 9.75. The Morgan fingerprint density at radius 2 is 2.29 bits per heavy atom. The van der Waals surface area contributed by atoms with Crippen LogP contribution >= 0.6 is 11.3 Å². The molecule has 110 valence electrons. The predicted molar refractivity (Wildman–Crippen MR) is 74.5 cm³/mol. The molecule has 0 fully saturated rings. The van der Waals surface area contributed by atoms with Crippen molar-refractivity contribution in [2.45, 2.75) is 6.42 Å². The number of nitrogens with zero attached hydrogens (tertiary/aromatic N) is 1. The fourth-order valence-corrected chi connectivity index (χ4v) is 2.16. The van der Waals surface area contributed by atoms with Crippen molar-refractivity contribution in [3.05, 3.63) is 39.4 Å². The lowest BCUT2D eigenvalue weighted by Gasteiger charge is -2.01. The van der Waals surface area contributed by atoms with Crippen molar-refractivity contribution in [1.29, 1.82) is 0 Å². The second-order valence-electron chi connectivity index (χ2n) is 3.92. The van der Waals surface area contributed by atoms with Gasteiger partial charge in [-0.15, -0.1) is 11.3 Å². The number of aromatic nitrogens is 1. The summed E-state index contributed by atoms with van der Waals surface area (Å²) in [5.74, 6) is -1.31. The topological polar surface area (TPSA) is 125 Å². The maximum absolute atomic E-state index is 11.9. The first-order valence-electron chi connectivity index (χ1n) is 5.70. The molecule has 0 atom stereocenters. The van der Waals surface area contributed by atoms with Crippen LogP contribution in [0, 0.1) is 0 Å². The lowest BCUT2D eigenvalue weighted by atomic mass is 10.3. The summed E-state index contributed by atoms with van der Waals surface area (Å²) in [7, 11) is 1.32. The Kier molecular flexibility index (Phi) is 4.33. The highest BCUT2D eigenvalue weighted by Gasteiger charge is 2.14. The molecule has 2 heterocycles. The number of nitrogens with two attached hydrogens (primary N) is 1. The number of methoxy groups -OCH3 is 1. The van der Waals surface area contributed by atoms with E-state index in [9.17, 15) is 14.4 Å². The van der Waals surface area contributed by atoms with Gasteiger partial charge in [0.2, 0.25) is 17.1 Å². The van der Waals surface area contributed by atoms with Crippen molar-refractivity contribution in [1.82, 2.24) is 4.98 Å². The second kappa shape index (κ2) is 6.18. The van der Waals surface area contributed by atoms with E-state index in [1.165, 1.54) is 7.11 Å². The molecule has 0 aliphatic heterocycles. The monoisotopic (exact) mass is 309 g/mol. The van der Waals surface area contributed by atoms with E-state index in [0.717, 1.165) is 23.7 Å². The van der Waals surface area contributed by atoms with Crippen LogP contribution in [0.4, 0.5) is 5.13 Å². The van der Waals surface area contributed by atoms with Crippen molar-refractivity contribution >= 4 is 28.3 Å². The van der Waals surface area contributed by atoms with Gasteiger partial charge in [0.1, 0.15) is 6.26 Å². The van der Waals surface area contributed by atoms with Gasteiger partial charge in [-0.2, -0.15) is 0 Å². The zero-order valence-corrected chi connectivity index (χ0v) is 11.7. The van der Waals surface area contributed by atoms with E-state index in [4.69, 9.17) is 14.9 Å². The van der Waals surface area contributed by atoms with Crippen LogP contribution in [0.3, 0.4) is 0 Å². The standard InChI is InChI=1S/C12H11N3O5S/c1-19-9-4-20-8(3-7(9)16)11(18)15-12-14-6(5-21-12)2-10(13)17/h3-5H,2H2,1H3,(H2,13,17)(H,14,15,18). The normalized spacial score (nSPS) is 10.1. The Hall–Kier alpha value is -2.68. The van der Waals surface area contributed by atoms with Gasteiger partial charge in [-0.1, -0.05) is 0 Å². The molecule has 0 radical (unpaired) electrons. The zero-order chi connectivity index (χ0) is 15.4. The lowest BCUT2D eigenvalue weighted by Crippen LogP contribution is -2.16. The Bertz CT molecular complexity index is 736. The van der Waals surface area contributed by atoms with E-state index in [-0.39, 0.29) is 23.1 Å². The van der Waals surface area contributed by atoms with Gasteiger partial charge < -0.3 is 14.9 Å². The summed E-state index contributed by atoms with van der Waals surface area (Å²) >= 11 is 1.13. The van der Waals surface area contributed by atoms with Crippen LogP contribution in [0.1, 0.15) is 16.2 Å². The van der Waals surface area contributed by atoms with Gasteiger partial charge in [-0.05, 0) is 0 Å². The Morgan fingerprint density at radius 1 is 1.52 bits per heavy atom. The number of carbonyl (C=O) groups excluding carboxylic acids is 2. The Morgan fingerprint density at radius 3 is 2.90 bits per heavy atom. The molecule has 2 aromatic heterocycles. The van der Waals surface area contributed by atoms with E-state index in [0.29, 0.717) is 5.69 Å². The van der Waals surface area contributed by atoms with Crippen LogP contribution in [0.2, 0.25) is 0 Å². The highest BCUT2D eigenvalue weighted by atomic mass is 32.1. The molecule has 0 spiro atoms. The minimum atomic E-state index is -0.630. The molecular weight excluding hydrogens is 298 g/mol. The number of hydrogen-bond donors (Lipinski definition) is 2. The van der Waals surface area contributed by atoms with Crippen LogP contribution in [0.15, 0.2) is 26.9 Å². The fourth-order valence-electron chi connectivity index (χ4n) is 1.45. The first kappa shape index (κ1) is 14.7. The van der Waals surface area contributed by atoms with Crippen molar-refractivity contribution in [3.8, 4) is 5.75 Å². The van der Waals surface area contributed by atoms with Crippen LogP contribution in [-0.2, 0) is 11.2 Å². The van der Waals surface area contributed by atoms with Gasteiger partial charge in [0, 0.05) is 11.4 Å². The molecule has 9 heteroatoms. The van der Waals surface area contributed by atoms with Crippen molar-refractivity contribution in [2.75, 3.05) is 12.4 Å². The average molecular weight is 309 g/mol.